The molecule has 0 heterocycles. The highest BCUT2D eigenvalue weighted by molar-refractivity contribution is 5.19. The fourth-order valence-corrected chi connectivity index (χ4v) is 4.43. The molecule has 2 aliphatic rings. The molecule has 2 aliphatic carbocycles. The second-order valence-corrected chi connectivity index (χ2v) is 6.58. The van der Waals surface area contributed by atoms with Crippen molar-refractivity contribution >= 4 is 0 Å². The van der Waals surface area contributed by atoms with E-state index in [-0.39, 0.29) is 11.0 Å². The van der Waals surface area contributed by atoms with E-state index in [1.165, 1.54) is 19.3 Å². The van der Waals surface area contributed by atoms with Gasteiger partial charge in [-0.25, -0.2) is 0 Å². The van der Waals surface area contributed by atoms with Gasteiger partial charge in [0.25, 0.3) is 0 Å². The summed E-state index contributed by atoms with van der Waals surface area (Å²) in [5.74, 6) is 0.803. The molecule has 0 saturated heterocycles. The molecule has 2 fully saturated rings. The molecule has 0 amide bonds. The summed E-state index contributed by atoms with van der Waals surface area (Å²) in [7, 11) is 0. The van der Waals surface area contributed by atoms with Crippen molar-refractivity contribution in [2.75, 3.05) is 6.61 Å². The topological polar surface area (TPSA) is 9.23 Å². The van der Waals surface area contributed by atoms with E-state index in [2.05, 4.69) is 33.9 Å². The first-order chi connectivity index (χ1) is 7.93. The first kappa shape index (κ1) is 12.9. The zero-order valence-electron chi connectivity index (χ0n) is 11.6. The van der Waals surface area contributed by atoms with Gasteiger partial charge in [-0.05, 0) is 37.0 Å². The average molecular weight is 234 g/mol. The molecule has 3 atom stereocenters. The lowest BCUT2D eigenvalue weighted by atomic mass is 9.63. The SMILES string of the molecule is C=CCO[C@]1(CC=C)C[C@H]2CC[C@]1(C)C2(C)C. The van der Waals surface area contributed by atoms with Crippen LogP contribution in [0.2, 0.25) is 0 Å². The van der Waals surface area contributed by atoms with Gasteiger partial charge in [0.1, 0.15) is 0 Å². The predicted octanol–water partition coefficient (Wildman–Crippen LogP) is 4.35. The molecule has 2 rings (SSSR count). The second-order valence-electron chi connectivity index (χ2n) is 6.58. The zero-order chi connectivity index (χ0) is 12.7. The Hall–Kier alpha value is -0.560. The van der Waals surface area contributed by atoms with Crippen LogP contribution in [0.1, 0.15) is 46.5 Å². The molecule has 0 spiro atoms. The monoisotopic (exact) mass is 234 g/mol. The van der Waals surface area contributed by atoms with Gasteiger partial charge in [0.2, 0.25) is 0 Å². The molecule has 17 heavy (non-hydrogen) atoms. The highest BCUT2D eigenvalue weighted by atomic mass is 16.5. The summed E-state index contributed by atoms with van der Waals surface area (Å²) in [6.07, 6.45) is 8.71. The van der Waals surface area contributed by atoms with Crippen LogP contribution in [0.25, 0.3) is 0 Å². The lowest BCUT2D eigenvalue weighted by molar-refractivity contribution is -0.128. The van der Waals surface area contributed by atoms with Gasteiger partial charge >= 0.3 is 0 Å². The Labute approximate surface area is 106 Å². The molecular formula is C16H26O. The van der Waals surface area contributed by atoms with E-state index in [0.29, 0.717) is 12.0 Å². The van der Waals surface area contributed by atoms with Crippen LogP contribution in [0.3, 0.4) is 0 Å². The molecule has 2 saturated carbocycles. The maximum atomic E-state index is 6.26. The summed E-state index contributed by atoms with van der Waals surface area (Å²) >= 11 is 0. The maximum Gasteiger partial charge on any atom is 0.0782 e. The summed E-state index contributed by atoms with van der Waals surface area (Å²) in [4.78, 5) is 0. The van der Waals surface area contributed by atoms with Crippen molar-refractivity contribution in [3.05, 3.63) is 25.3 Å². The van der Waals surface area contributed by atoms with Crippen LogP contribution in [0.4, 0.5) is 0 Å². The summed E-state index contributed by atoms with van der Waals surface area (Å²) < 4.78 is 6.26. The Morgan fingerprint density at radius 2 is 1.94 bits per heavy atom. The van der Waals surface area contributed by atoms with Crippen molar-refractivity contribution in [2.45, 2.75) is 52.1 Å². The number of fused-ring (bicyclic) bond motifs is 2. The Morgan fingerprint density at radius 1 is 1.24 bits per heavy atom. The van der Waals surface area contributed by atoms with Gasteiger partial charge in [-0.3, -0.25) is 0 Å². The van der Waals surface area contributed by atoms with E-state index in [9.17, 15) is 0 Å². The predicted molar refractivity (Wildman–Crippen MR) is 72.9 cm³/mol. The van der Waals surface area contributed by atoms with Gasteiger partial charge in [-0.2, -0.15) is 0 Å². The van der Waals surface area contributed by atoms with Gasteiger partial charge in [-0.1, -0.05) is 32.9 Å². The molecule has 0 unspecified atom stereocenters. The number of rotatable bonds is 5. The minimum atomic E-state index is -0.00461. The van der Waals surface area contributed by atoms with E-state index in [4.69, 9.17) is 4.74 Å². The fourth-order valence-electron chi connectivity index (χ4n) is 4.43. The van der Waals surface area contributed by atoms with Gasteiger partial charge in [0.05, 0.1) is 12.2 Å². The van der Waals surface area contributed by atoms with Crippen molar-refractivity contribution in [3.63, 3.8) is 0 Å². The van der Waals surface area contributed by atoms with Crippen LogP contribution in [-0.4, -0.2) is 12.2 Å². The van der Waals surface area contributed by atoms with Crippen molar-refractivity contribution in [1.82, 2.24) is 0 Å². The molecule has 96 valence electrons. The van der Waals surface area contributed by atoms with Crippen molar-refractivity contribution in [2.24, 2.45) is 16.7 Å². The van der Waals surface area contributed by atoms with Crippen LogP contribution >= 0.6 is 0 Å². The molecule has 2 bridgehead atoms. The Morgan fingerprint density at radius 3 is 2.35 bits per heavy atom. The molecule has 0 aromatic rings. The lowest BCUT2D eigenvalue weighted by Gasteiger charge is -2.48. The summed E-state index contributed by atoms with van der Waals surface area (Å²) in [5, 5.41) is 0. The summed E-state index contributed by atoms with van der Waals surface area (Å²) in [6.45, 7) is 15.6. The smallest absolute Gasteiger partial charge is 0.0782 e. The molecule has 0 N–H and O–H groups in total. The van der Waals surface area contributed by atoms with Crippen LogP contribution in [0.15, 0.2) is 25.3 Å². The largest absolute Gasteiger partial charge is 0.370 e. The standard InChI is InChI=1S/C16H26O/c1-6-9-16(17-11-7-2)12-13-8-10-15(16,5)14(13,3)4/h6-7,13H,1-2,8-12H2,3-5H3/t13-,15-,16-/m1/s1. The van der Waals surface area contributed by atoms with Crippen molar-refractivity contribution in [3.8, 4) is 0 Å². The fraction of sp³-hybridized carbons (Fsp3) is 0.750. The molecule has 1 nitrogen and oxygen atoms in total. The van der Waals surface area contributed by atoms with Gasteiger partial charge < -0.3 is 4.74 Å². The number of hydrogen-bond donors (Lipinski definition) is 0. The minimum absolute atomic E-state index is 0.00461. The minimum Gasteiger partial charge on any atom is -0.370 e. The third-order valence-corrected chi connectivity index (χ3v) is 5.97. The summed E-state index contributed by atoms with van der Waals surface area (Å²) in [5.41, 5.74) is 0.661. The van der Waals surface area contributed by atoms with Gasteiger partial charge in [0.15, 0.2) is 0 Å². The van der Waals surface area contributed by atoms with E-state index in [1.807, 2.05) is 12.2 Å². The van der Waals surface area contributed by atoms with Crippen LogP contribution in [0, 0.1) is 16.7 Å². The average Bonchev–Trinajstić information content (AvgIpc) is 2.59. The quantitative estimate of drug-likeness (QED) is 0.643. The first-order valence-electron chi connectivity index (χ1n) is 6.79. The van der Waals surface area contributed by atoms with E-state index >= 15 is 0 Å². The Kier molecular flexibility index (Phi) is 3.02. The first-order valence-corrected chi connectivity index (χ1v) is 6.79. The molecule has 0 aromatic carbocycles. The van der Waals surface area contributed by atoms with E-state index < -0.39 is 0 Å². The molecule has 0 radical (unpaired) electrons. The maximum absolute atomic E-state index is 6.26. The molecule has 1 heteroatoms. The van der Waals surface area contributed by atoms with E-state index in [1.54, 1.807) is 0 Å². The third kappa shape index (κ3) is 1.48. The highest BCUT2D eigenvalue weighted by Crippen LogP contribution is 2.71. The highest BCUT2D eigenvalue weighted by Gasteiger charge is 2.68. The summed E-state index contributed by atoms with van der Waals surface area (Å²) in [6, 6.07) is 0. The van der Waals surface area contributed by atoms with Crippen molar-refractivity contribution < 1.29 is 4.74 Å². The van der Waals surface area contributed by atoms with E-state index in [0.717, 1.165) is 12.3 Å². The molecule has 0 aliphatic heterocycles. The molecular weight excluding hydrogens is 208 g/mol. The second kappa shape index (κ2) is 3.98. The number of ether oxygens (including phenoxy) is 1. The number of hydrogen-bond acceptors (Lipinski definition) is 1. The van der Waals surface area contributed by atoms with Gasteiger partial charge in [-0.15, -0.1) is 13.2 Å². The van der Waals surface area contributed by atoms with Crippen molar-refractivity contribution in [1.29, 1.82) is 0 Å². The van der Waals surface area contributed by atoms with Crippen LogP contribution in [-0.2, 0) is 4.74 Å². The normalized spacial score (nSPS) is 42.6. The van der Waals surface area contributed by atoms with Crippen LogP contribution in [0.5, 0.6) is 0 Å². The van der Waals surface area contributed by atoms with Gasteiger partial charge in [0, 0.05) is 5.41 Å². The van der Waals surface area contributed by atoms with Crippen LogP contribution < -0.4 is 0 Å². The zero-order valence-corrected chi connectivity index (χ0v) is 11.6. The third-order valence-electron chi connectivity index (χ3n) is 5.97. The Balaban J connectivity index is 2.35. The molecule has 0 aromatic heterocycles. The lowest BCUT2D eigenvalue weighted by Crippen LogP contribution is -2.49. The Bertz CT molecular complexity index is 330.